The lowest BCUT2D eigenvalue weighted by molar-refractivity contribution is 0.0988. The molecule has 1 amide bonds. The molecular weight excluding hydrogens is 286 g/mol. The average Bonchev–Trinajstić information content (AvgIpc) is 2.80. The molecule has 0 radical (unpaired) electrons. The minimum Gasteiger partial charge on any atom is -0.397 e. The van der Waals surface area contributed by atoms with Gasteiger partial charge in [0.25, 0.3) is 5.91 Å². The third-order valence-corrected chi connectivity index (χ3v) is 2.78. The van der Waals surface area contributed by atoms with Crippen molar-refractivity contribution in [2.75, 3.05) is 17.7 Å². The predicted molar refractivity (Wildman–Crippen MR) is 67.7 cm³/mol. The smallest absolute Gasteiger partial charge is 0.280 e. The summed E-state index contributed by atoms with van der Waals surface area (Å²) in [6.45, 7) is 0. The van der Waals surface area contributed by atoms with Crippen LogP contribution >= 0.6 is 15.9 Å². The van der Waals surface area contributed by atoms with Crippen LogP contribution in [0.15, 0.2) is 28.9 Å². The van der Waals surface area contributed by atoms with Crippen LogP contribution in [0.3, 0.4) is 0 Å². The number of aromatic amines is 1. The van der Waals surface area contributed by atoms with E-state index < -0.39 is 0 Å². The van der Waals surface area contributed by atoms with Crippen LogP contribution in [0.25, 0.3) is 0 Å². The molecule has 1 aromatic heterocycles. The molecule has 2 aromatic rings. The monoisotopic (exact) mass is 295 g/mol. The van der Waals surface area contributed by atoms with Gasteiger partial charge in [0, 0.05) is 11.5 Å². The number of carbonyl (C=O) groups excluding carboxylic acids is 1. The number of aromatic nitrogens is 3. The zero-order chi connectivity index (χ0) is 12.4. The molecule has 0 bridgehead atoms. The zero-order valence-electron chi connectivity index (χ0n) is 9.01. The Morgan fingerprint density at radius 3 is 2.88 bits per heavy atom. The maximum Gasteiger partial charge on any atom is 0.280 e. The van der Waals surface area contributed by atoms with Crippen LogP contribution in [-0.2, 0) is 0 Å². The van der Waals surface area contributed by atoms with Gasteiger partial charge in [-0.3, -0.25) is 4.79 Å². The van der Waals surface area contributed by atoms with Crippen molar-refractivity contribution in [3.05, 3.63) is 34.6 Å². The highest BCUT2D eigenvalue weighted by Gasteiger charge is 2.17. The van der Waals surface area contributed by atoms with E-state index in [2.05, 4.69) is 31.3 Å². The summed E-state index contributed by atoms with van der Waals surface area (Å²) in [6, 6.07) is 5.32. The highest BCUT2D eigenvalue weighted by Crippen LogP contribution is 2.26. The second-order valence-corrected chi connectivity index (χ2v) is 4.34. The van der Waals surface area contributed by atoms with Gasteiger partial charge in [-0.2, -0.15) is 15.4 Å². The fraction of sp³-hybridized carbons (Fsp3) is 0.100. The van der Waals surface area contributed by atoms with Crippen LogP contribution in [0.4, 0.5) is 11.4 Å². The summed E-state index contributed by atoms with van der Waals surface area (Å²) in [5.41, 5.74) is 7.23. The van der Waals surface area contributed by atoms with Gasteiger partial charge in [-0.05, 0) is 18.2 Å². The second-order valence-electron chi connectivity index (χ2n) is 3.42. The zero-order valence-corrected chi connectivity index (χ0v) is 10.6. The molecule has 0 fully saturated rings. The fourth-order valence-electron chi connectivity index (χ4n) is 1.42. The van der Waals surface area contributed by atoms with Crippen molar-refractivity contribution in [3.8, 4) is 0 Å². The Kier molecular flexibility index (Phi) is 3.10. The molecule has 0 unspecified atom stereocenters. The van der Waals surface area contributed by atoms with Crippen molar-refractivity contribution in [1.82, 2.24) is 15.4 Å². The number of benzene rings is 1. The summed E-state index contributed by atoms with van der Waals surface area (Å²) in [7, 11) is 1.64. The molecule has 0 aliphatic heterocycles. The Labute approximate surface area is 106 Å². The van der Waals surface area contributed by atoms with E-state index in [1.807, 2.05) is 6.07 Å². The lowest BCUT2D eigenvalue weighted by Gasteiger charge is -2.17. The third-order valence-electron chi connectivity index (χ3n) is 2.29. The van der Waals surface area contributed by atoms with Crippen molar-refractivity contribution in [2.45, 2.75) is 0 Å². The molecule has 0 aliphatic carbocycles. The van der Waals surface area contributed by atoms with Gasteiger partial charge >= 0.3 is 0 Å². The Morgan fingerprint density at radius 2 is 2.29 bits per heavy atom. The van der Waals surface area contributed by atoms with Crippen LogP contribution < -0.4 is 10.6 Å². The number of nitrogens with one attached hydrogen (secondary N) is 1. The summed E-state index contributed by atoms with van der Waals surface area (Å²) in [5, 5.41) is 9.72. The van der Waals surface area contributed by atoms with E-state index in [1.165, 1.54) is 11.1 Å². The molecule has 6 nitrogen and oxygen atoms in total. The number of anilines is 2. The molecule has 0 aliphatic rings. The molecule has 0 spiro atoms. The molecule has 88 valence electrons. The molecule has 3 N–H and O–H groups in total. The van der Waals surface area contributed by atoms with Gasteiger partial charge in [0.15, 0.2) is 5.69 Å². The molecule has 1 heterocycles. The number of hydrogen-bond acceptors (Lipinski definition) is 4. The maximum atomic E-state index is 12.0. The summed E-state index contributed by atoms with van der Waals surface area (Å²) in [5.74, 6) is -0.271. The molecule has 0 saturated carbocycles. The van der Waals surface area contributed by atoms with E-state index in [0.29, 0.717) is 11.4 Å². The number of nitrogen functional groups attached to an aromatic ring is 1. The minimum atomic E-state index is -0.271. The Morgan fingerprint density at radius 1 is 1.53 bits per heavy atom. The summed E-state index contributed by atoms with van der Waals surface area (Å²) >= 11 is 3.31. The first kappa shape index (κ1) is 11.6. The number of nitrogens with two attached hydrogens (primary N) is 1. The van der Waals surface area contributed by atoms with E-state index in [1.54, 1.807) is 19.2 Å². The first-order valence-corrected chi connectivity index (χ1v) is 5.57. The highest BCUT2D eigenvalue weighted by molar-refractivity contribution is 9.10. The number of H-pyrrole nitrogens is 1. The van der Waals surface area contributed by atoms with Crippen molar-refractivity contribution in [2.24, 2.45) is 0 Å². The lowest BCUT2D eigenvalue weighted by Crippen LogP contribution is -2.27. The molecule has 7 heteroatoms. The molecule has 2 rings (SSSR count). The molecule has 0 atom stereocenters. The number of hydrogen-bond donors (Lipinski definition) is 2. The topological polar surface area (TPSA) is 87.9 Å². The quantitative estimate of drug-likeness (QED) is 0.820. The van der Waals surface area contributed by atoms with E-state index >= 15 is 0 Å². The second kappa shape index (κ2) is 4.54. The number of carbonyl (C=O) groups is 1. The largest absolute Gasteiger partial charge is 0.397 e. The van der Waals surface area contributed by atoms with Gasteiger partial charge < -0.3 is 10.6 Å². The predicted octanol–water partition coefficient (Wildman–Crippen LogP) is 1.43. The summed E-state index contributed by atoms with van der Waals surface area (Å²) < 4.78 is 0.862. The number of halogens is 1. The highest BCUT2D eigenvalue weighted by atomic mass is 79.9. The Bertz CT molecular complexity index is 540. The number of amides is 1. The lowest BCUT2D eigenvalue weighted by atomic mass is 10.2. The van der Waals surface area contributed by atoms with E-state index in [0.717, 1.165) is 4.47 Å². The van der Waals surface area contributed by atoms with Gasteiger partial charge in [0.1, 0.15) is 0 Å². The Hall–Kier alpha value is -1.89. The van der Waals surface area contributed by atoms with Crippen molar-refractivity contribution in [1.29, 1.82) is 0 Å². The number of rotatable bonds is 2. The summed E-state index contributed by atoms with van der Waals surface area (Å²) in [6.07, 6.45) is 1.37. The molecule has 1 aromatic carbocycles. The van der Waals surface area contributed by atoms with Gasteiger partial charge in [0.05, 0.1) is 17.6 Å². The van der Waals surface area contributed by atoms with Gasteiger partial charge in [-0.1, -0.05) is 15.9 Å². The third kappa shape index (κ3) is 2.28. The summed E-state index contributed by atoms with van der Waals surface area (Å²) in [4.78, 5) is 13.4. The van der Waals surface area contributed by atoms with Crippen LogP contribution in [0.2, 0.25) is 0 Å². The van der Waals surface area contributed by atoms with Crippen molar-refractivity contribution >= 4 is 33.2 Å². The average molecular weight is 296 g/mol. The normalized spacial score (nSPS) is 10.2. The SMILES string of the molecule is CN(C(=O)c1cn[nH]n1)c1ccc(Br)cc1N. The minimum absolute atomic E-state index is 0.245. The van der Waals surface area contributed by atoms with E-state index in [4.69, 9.17) is 5.73 Å². The van der Waals surface area contributed by atoms with Gasteiger partial charge in [0.2, 0.25) is 0 Å². The maximum absolute atomic E-state index is 12.0. The van der Waals surface area contributed by atoms with Crippen LogP contribution in [0, 0.1) is 0 Å². The number of nitrogens with zero attached hydrogens (tertiary/aromatic N) is 3. The van der Waals surface area contributed by atoms with Crippen LogP contribution in [-0.4, -0.2) is 28.4 Å². The Balaban J connectivity index is 2.31. The first-order chi connectivity index (χ1) is 8.09. The standard InChI is InChI=1S/C10H10BrN5O/c1-16(10(17)8-5-13-15-14-8)9-3-2-6(11)4-7(9)12/h2-5H,12H2,1H3,(H,13,14,15). The van der Waals surface area contributed by atoms with Crippen molar-refractivity contribution < 1.29 is 4.79 Å². The van der Waals surface area contributed by atoms with E-state index in [9.17, 15) is 4.79 Å². The van der Waals surface area contributed by atoms with Crippen molar-refractivity contribution in [3.63, 3.8) is 0 Å². The first-order valence-electron chi connectivity index (χ1n) is 4.78. The molecular formula is C10H10BrN5O. The van der Waals surface area contributed by atoms with Gasteiger partial charge in [-0.15, -0.1) is 0 Å². The van der Waals surface area contributed by atoms with E-state index in [-0.39, 0.29) is 11.6 Å². The van der Waals surface area contributed by atoms with Crippen LogP contribution in [0.5, 0.6) is 0 Å². The van der Waals surface area contributed by atoms with Gasteiger partial charge in [-0.25, -0.2) is 0 Å². The van der Waals surface area contributed by atoms with Crippen LogP contribution in [0.1, 0.15) is 10.5 Å². The fourth-order valence-corrected chi connectivity index (χ4v) is 1.80. The molecule has 0 saturated heterocycles. The molecule has 17 heavy (non-hydrogen) atoms.